The van der Waals surface area contributed by atoms with Crippen LogP contribution in [0.25, 0.3) is 11.0 Å². The average Bonchev–Trinajstić information content (AvgIpc) is 3.28. The van der Waals surface area contributed by atoms with E-state index in [1.165, 1.54) is 10.4 Å². The number of hydrogen-bond donors (Lipinski definition) is 0. The first-order valence-electron chi connectivity index (χ1n) is 11.0. The van der Waals surface area contributed by atoms with Gasteiger partial charge in [-0.3, -0.25) is 9.59 Å². The number of piperidine rings is 2. The standard InChI is InChI=1S/C21H28N4O5S2/c1-14-9-12-24(13-10-14)20(26)15(2)30-21(27)17-7-3-4-11-25(17)32(28,29)18-8-5-6-16-19(18)23-31-22-16/h5-6,8,14-15,17H,3-4,7,9-13H2,1-2H3/t15-,17+/m0/s1. The van der Waals surface area contributed by atoms with Gasteiger partial charge in [-0.15, -0.1) is 0 Å². The molecule has 0 N–H and O–H groups in total. The van der Waals surface area contributed by atoms with Gasteiger partial charge in [0.25, 0.3) is 5.91 Å². The number of amides is 1. The third kappa shape index (κ3) is 4.51. The summed E-state index contributed by atoms with van der Waals surface area (Å²) in [6.45, 7) is 5.23. The van der Waals surface area contributed by atoms with Crippen molar-refractivity contribution in [1.82, 2.24) is 18.0 Å². The fraction of sp³-hybridized carbons (Fsp3) is 0.619. The first-order valence-corrected chi connectivity index (χ1v) is 13.2. The Labute approximate surface area is 192 Å². The summed E-state index contributed by atoms with van der Waals surface area (Å²) in [6.07, 6.45) is 2.62. The molecule has 1 amide bonds. The molecular weight excluding hydrogens is 452 g/mol. The molecule has 0 bridgehead atoms. The van der Waals surface area contributed by atoms with Crippen LogP contribution in [0.2, 0.25) is 0 Å². The largest absolute Gasteiger partial charge is 0.451 e. The van der Waals surface area contributed by atoms with E-state index in [-0.39, 0.29) is 17.3 Å². The Hall–Kier alpha value is -2.11. The van der Waals surface area contributed by atoms with Gasteiger partial charge in [0.05, 0.1) is 11.7 Å². The zero-order valence-corrected chi connectivity index (χ0v) is 19.9. The summed E-state index contributed by atoms with van der Waals surface area (Å²) in [7, 11) is -3.99. The second kappa shape index (κ2) is 9.40. The summed E-state index contributed by atoms with van der Waals surface area (Å²) in [5, 5.41) is 0. The third-order valence-electron chi connectivity index (χ3n) is 6.30. The maximum Gasteiger partial charge on any atom is 0.325 e. The number of benzene rings is 1. The molecule has 11 heteroatoms. The second-order valence-corrected chi connectivity index (χ2v) is 11.0. The third-order valence-corrected chi connectivity index (χ3v) is 8.78. The maximum absolute atomic E-state index is 13.5. The van der Waals surface area contributed by atoms with E-state index >= 15 is 0 Å². The molecule has 174 valence electrons. The molecule has 2 fully saturated rings. The monoisotopic (exact) mass is 480 g/mol. The number of sulfonamides is 1. The Morgan fingerprint density at radius 2 is 1.88 bits per heavy atom. The van der Waals surface area contributed by atoms with Gasteiger partial charge in [0.1, 0.15) is 22.0 Å². The van der Waals surface area contributed by atoms with Gasteiger partial charge >= 0.3 is 5.97 Å². The van der Waals surface area contributed by atoms with Crippen molar-refractivity contribution in [1.29, 1.82) is 0 Å². The van der Waals surface area contributed by atoms with E-state index in [4.69, 9.17) is 4.74 Å². The fourth-order valence-electron chi connectivity index (χ4n) is 4.33. The zero-order valence-electron chi connectivity index (χ0n) is 18.3. The number of nitrogens with zero attached hydrogens (tertiary/aromatic N) is 4. The number of ether oxygens (including phenoxy) is 1. The van der Waals surface area contributed by atoms with E-state index in [1.807, 2.05) is 0 Å². The van der Waals surface area contributed by atoms with Crippen molar-refractivity contribution in [2.24, 2.45) is 5.92 Å². The molecule has 1 aromatic carbocycles. The van der Waals surface area contributed by atoms with Crippen LogP contribution >= 0.6 is 11.7 Å². The molecule has 0 saturated carbocycles. The molecule has 0 unspecified atom stereocenters. The van der Waals surface area contributed by atoms with Crippen LogP contribution in [0.3, 0.4) is 0 Å². The number of aromatic nitrogens is 2. The lowest BCUT2D eigenvalue weighted by molar-refractivity contribution is -0.163. The summed E-state index contributed by atoms with van der Waals surface area (Å²) in [4.78, 5) is 27.5. The lowest BCUT2D eigenvalue weighted by Crippen LogP contribution is -2.50. The van der Waals surface area contributed by atoms with Crippen LogP contribution in [0, 0.1) is 5.92 Å². The molecule has 3 heterocycles. The second-order valence-electron chi connectivity index (χ2n) is 8.60. The highest BCUT2D eigenvalue weighted by molar-refractivity contribution is 7.89. The Morgan fingerprint density at radius 3 is 2.62 bits per heavy atom. The maximum atomic E-state index is 13.5. The molecule has 2 atom stereocenters. The molecule has 2 aliphatic heterocycles. The van der Waals surface area contributed by atoms with Crippen LogP contribution in [-0.2, 0) is 24.3 Å². The van der Waals surface area contributed by atoms with Crippen LogP contribution in [0.5, 0.6) is 0 Å². The minimum Gasteiger partial charge on any atom is -0.451 e. The van der Waals surface area contributed by atoms with Gasteiger partial charge in [0, 0.05) is 19.6 Å². The Balaban J connectivity index is 1.51. The zero-order chi connectivity index (χ0) is 22.9. The molecule has 2 aliphatic rings. The van der Waals surface area contributed by atoms with Gasteiger partial charge in [0.2, 0.25) is 10.0 Å². The molecule has 32 heavy (non-hydrogen) atoms. The Bertz CT molecular complexity index is 1090. The SMILES string of the molecule is CC1CCN(C(=O)[C@H](C)OC(=O)[C@H]2CCCCN2S(=O)(=O)c2cccc3nsnc23)CC1. The normalized spacial score (nSPS) is 22.1. The van der Waals surface area contributed by atoms with Crippen molar-refractivity contribution in [2.75, 3.05) is 19.6 Å². The van der Waals surface area contributed by atoms with E-state index in [1.54, 1.807) is 24.0 Å². The van der Waals surface area contributed by atoms with Crippen LogP contribution in [-0.4, -0.2) is 70.0 Å². The highest BCUT2D eigenvalue weighted by Crippen LogP contribution is 2.30. The topological polar surface area (TPSA) is 110 Å². The smallest absolute Gasteiger partial charge is 0.325 e. The molecular formula is C21H28N4O5S2. The number of carbonyl (C=O) groups excluding carboxylic acids is 2. The predicted molar refractivity (Wildman–Crippen MR) is 119 cm³/mol. The minimum atomic E-state index is -3.99. The summed E-state index contributed by atoms with van der Waals surface area (Å²) < 4.78 is 41.9. The van der Waals surface area contributed by atoms with Crippen molar-refractivity contribution < 1.29 is 22.7 Å². The van der Waals surface area contributed by atoms with Crippen molar-refractivity contribution in [3.05, 3.63) is 18.2 Å². The molecule has 2 aromatic rings. The Morgan fingerprint density at radius 1 is 1.12 bits per heavy atom. The van der Waals surface area contributed by atoms with Gasteiger partial charge in [-0.05, 0) is 57.1 Å². The lowest BCUT2D eigenvalue weighted by Gasteiger charge is -2.35. The molecule has 0 aliphatic carbocycles. The van der Waals surface area contributed by atoms with E-state index in [2.05, 4.69) is 15.7 Å². The molecule has 0 radical (unpaired) electrons. The van der Waals surface area contributed by atoms with E-state index in [0.29, 0.717) is 49.3 Å². The first-order chi connectivity index (χ1) is 15.3. The van der Waals surface area contributed by atoms with E-state index in [0.717, 1.165) is 24.6 Å². The predicted octanol–water partition coefficient (Wildman–Crippen LogP) is 2.42. The quantitative estimate of drug-likeness (QED) is 0.605. The molecule has 9 nitrogen and oxygen atoms in total. The van der Waals surface area contributed by atoms with Gasteiger partial charge in [-0.25, -0.2) is 8.42 Å². The van der Waals surface area contributed by atoms with Gasteiger partial charge < -0.3 is 9.64 Å². The van der Waals surface area contributed by atoms with Crippen LogP contribution in [0.1, 0.15) is 46.0 Å². The average molecular weight is 481 g/mol. The molecule has 4 rings (SSSR count). The number of esters is 1. The highest BCUT2D eigenvalue weighted by Gasteiger charge is 2.41. The van der Waals surface area contributed by atoms with E-state index in [9.17, 15) is 18.0 Å². The van der Waals surface area contributed by atoms with Gasteiger partial charge in [0.15, 0.2) is 6.10 Å². The molecule has 0 spiro atoms. The van der Waals surface area contributed by atoms with Crippen molar-refractivity contribution in [3.8, 4) is 0 Å². The number of hydrogen-bond acceptors (Lipinski definition) is 8. The van der Waals surface area contributed by atoms with E-state index < -0.39 is 28.1 Å². The first kappa shape index (κ1) is 23.1. The highest BCUT2D eigenvalue weighted by atomic mass is 32.2. The van der Waals surface area contributed by atoms with Crippen molar-refractivity contribution in [2.45, 2.75) is 63.0 Å². The van der Waals surface area contributed by atoms with Crippen LogP contribution < -0.4 is 0 Å². The number of rotatable bonds is 5. The summed E-state index contributed by atoms with van der Waals surface area (Å²) in [6, 6.07) is 3.84. The van der Waals surface area contributed by atoms with Gasteiger partial charge in [-0.2, -0.15) is 13.1 Å². The fourth-order valence-corrected chi connectivity index (χ4v) is 6.73. The van der Waals surface area contributed by atoms with Gasteiger partial charge in [-0.1, -0.05) is 13.0 Å². The summed E-state index contributed by atoms with van der Waals surface area (Å²) >= 11 is 0.945. The molecule has 2 saturated heterocycles. The van der Waals surface area contributed by atoms with Crippen molar-refractivity contribution in [3.63, 3.8) is 0 Å². The molecule has 1 aromatic heterocycles. The summed E-state index contributed by atoms with van der Waals surface area (Å²) in [5.74, 6) is -0.327. The van der Waals surface area contributed by atoms with Crippen LogP contribution in [0.15, 0.2) is 23.1 Å². The number of fused-ring (bicyclic) bond motifs is 1. The van der Waals surface area contributed by atoms with Crippen LogP contribution in [0.4, 0.5) is 0 Å². The minimum absolute atomic E-state index is 0.0370. The van der Waals surface area contributed by atoms with Crippen molar-refractivity contribution >= 4 is 44.7 Å². The lowest BCUT2D eigenvalue weighted by atomic mass is 9.99. The summed E-state index contributed by atoms with van der Waals surface area (Å²) in [5.41, 5.74) is 0.806. The number of carbonyl (C=O) groups is 2. The Kier molecular flexibility index (Phi) is 6.78. The number of likely N-dealkylation sites (tertiary alicyclic amines) is 1.